The minimum atomic E-state index is -0.799. The molecule has 2 aromatic carbocycles. The fourth-order valence-corrected chi connectivity index (χ4v) is 5.18. The van der Waals surface area contributed by atoms with Crippen LogP contribution in [-0.2, 0) is 4.79 Å². The minimum Gasteiger partial charge on any atom is -0.503 e. The summed E-state index contributed by atoms with van der Waals surface area (Å²) in [5, 5.41) is 14.4. The number of thiophene rings is 1. The maximum atomic E-state index is 13.5. The van der Waals surface area contributed by atoms with Crippen LogP contribution in [0.25, 0.3) is 11.0 Å². The van der Waals surface area contributed by atoms with E-state index < -0.39 is 23.5 Å². The van der Waals surface area contributed by atoms with E-state index in [0.29, 0.717) is 26.7 Å². The lowest BCUT2D eigenvalue weighted by atomic mass is 9.99. The van der Waals surface area contributed by atoms with Crippen LogP contribution < -0.4 is 4.90 Å². The molecule has 2 aromatic heterocycles. The second-order valence-electron chi connectivity index (χ2n) is 7.41. The van der Waals surface area contributed by atoms with Crippen LogP contribution >= 0.6 is 34.5 Å². The summed E-state index contributed by atoms with van der Waals surface area (Å²) in [5.74, 6) is -1.79. The van der Waals surface area contributed by atoms with Crippen molar-refractivity contribution in [3.05, 3.63) is 97.6 Å². The van der Waals surface area contributed by atoms with Crippen LogP contribution in [0.5, 0.6) is 0 Å². The highest BCUT2D eigenvalue weighted by Gasteiger charge is 2.46. The number of carbonyl (C=O) groups excluding carboxylic acids is 2. The average molecular weight is 484 g/mol. The molecule has 4 aromatic rings. The number of aliphatic hydroxyl groups excluding tert-OH is 1. The Morgan fingerprint density at radius 2 is 1.84 bits per heavy atom. The van der Waals surface area contributed by atoms with Gasteiger partial charge in [-0.2, -0.15) is 0 Å². The van der Waals surface area contributed by atoms with Crippen molar-refractivity contribution in [3.8, 4) is 0 Å². The minimum absolute atomic E-state index is 0.0212. The summed E-state index contributed by atoms with van der Waals surface area (Å²) in [6, 6.07) is 14.5. The number of ketones is 1. The molecule has 5 nitrogen and oxygen atoms in total. The predicted molar refractivity (Wildman–Crippen MR) is 126 cm³/mol. The topological polar surface area (TPSA) is 70.8 Å². The first kappa shape index (κ1) is 20.8. The molecule has 5 rings (SSSR count). The van der Waals surface area contributed by atoms with E-state index in [0.717, 1.165) is 10.4 Å². The van der Waals surface area contributed by atoms with Crippen molar-refractivity contribution >= 4 is 62.9 Å². The number of Topliss-reactive ketones (excluding diaryl/α,β-unsaturated/α-hetero) is 1. The summed E-state index contributed by atoms with van der Waals surface area (Å²) in [6.07, 6.45) is 0. The number of rotatable bonds is 4. The van der Waals surface area contributed by atoms with Gasteiger partial charge >= 0.3 is 0 Å². The van der Waals surface area contributed by atoms with Crippen LogP contribution in [0.15, 0.2) is 75.7 Å². The molecular weight excluding hydrogens is 469 g/mol. The van der Waals surface area contributed by atoms with Crippen LogP contribution in [-0.4, -0.2) is 16.8 Å². The fourth-order valence-electron chi connectivity index (χ4n) is 3.95. The molecule has 32 heavy (non-hydrogen) atoms. The van der Waals surface area contributed by atoms with Crippen molar-refractivity contribution in [2.75, 3.05) is 4.90 Å². The third-order valence-electron chi connectivity index (χ3n) is 5.39. The highest BCUT2D eigenvalue weighted by molar-refractivity contribution is 7.10. The zero-order valence-corrected chi connectivity index (χ0v) is 19.0. The van der Waals surface area contributed by atoms with Gasteiger partial charge in [0.25, 0.3) is 5.91 Å². The standard InChI is InChI=1S/C24H15Cl2NO4S/c1-12-9-14(25)4-6-16(12)27-21(19-3-2-8-32-19)20(23(29)24(27)30)22(28)18-11-13-10-15(26)5-7-17(13)31-18/h2-11,21,29H,1H3. The summed E-state index contributed by atoms with van der Waals surface area (Å²) >= 11 is 13.5. The first-order valence-electron chi connectivity index (χ1n) is 9.65. The number of furan rings is 1. The van der Waals surface area contributed by atoms with Crippen LogP contribution in [0.1, 0.15) is 27.0 Å². The molecule has 0 bridgehead atoms. The number of amides is 1. The molecule has 1 aliphatic rings. The van der Waals surface area contributed by atoms with E-state index in [4.69, 9.17) is 27.6 Å². The van der Waals surface area contributed by atoms with E-state index in [1.165, 1.54) is 16.2 Å². The second kappa shape index (κ2) is 7.81. The number of carbonyl (C=O) groups is 2. The molecule has 0 spiro atoms. The average Bonchev–Trinajstić information content (AvgIpc) is 3.47. The Labute approximate surface area is 197 Å². The van der Waals surface area contributed by atoms with Crippen molar-refractivity contribution < 1.29 is 19.1 Å². The first-order chi connectivity index (χ1) is 15.3. The van der Waals surface area contributed by atoms with E-state index in [2.05, 4.69) is 0 Å². The van der Waals surface area contributed by atoms with E-state index in [1.807, 2.05) is 24.4 Å². The number of hydrogen-bond donors (Lipinski definition) is 1. The van der Waals surface area contributed by atoms with Gasteiger partial charge in [-0.1, -0.05) is 29.3 Å². The highest BCUT2D eigenvalue weighted by atomic mass is 35.5. The molecule has 8 heteroatoms. The fraction of sp³-hybridized carbons (Fsp3) is 0.0833. The molecule has 0 radical (unpaired) electrons. The maximum absolute atomic E-state index is 13.5. The van der Waals surface area contributed by atoms with Crippen molar-refractivity contribution in [2.45, 2.75) is 13.0 Å². The van der Waals surface area contributed by atoms with Crippen molar-refractivity contribution in [2.24, 2.45) is 0 Å². The smallest absolute Gasteiger partial charge is 0.294 e. The first-order valence-corrected chi connectivity index (χ1v) is 11.3. The number of fused-ring (bicyclic) bond motifs is 1. The van der Waals surface area contributed by atoms with Gasteiger partial charge in [0.05, 0.1) is 5.57 Å². The Hall–Kier alpha value is -3.06. The van der Waals surface area contributed by atoms with Gasteiger partial charge in [-0.15, -0.1) is 11.3 Å². The molecule has 0 aliphatic carbocycles. The van der Waals surface area contributed by atoms with Crippen LogP contribution in [0, 0.1) is 6.92 Å². The summed E-state index contributed by atoms with van der Waals surface area (Å²) in [5.41, 5.74) is 1.76. The second-order valence-corrected chi connectivity index (χ2v) is 9.26. The van der Waals surface area contributed by atoms with Crippen molar-refractivity contribution in [3.63, 3.8) is 0 Å². The van der Waals surface area contributed by atoms with Gasteiger partial charge in [0.2, 0.25) is 5.78 Å². The molecule has 1 amide bonds. The maximum Gasteiger partial charge on any atom is 0.294 e. The van der Waals surface area contributed by atoms with E-state index in [-0.39, 0.29) is 11.3 Å². The number of halogens is 2. The predicted octanol–water partition coefficient (Wildman–Crippen LogP) is 6.89. The molecule has 1 N–H and O–H groups in total. The summed E-state index contributed by atoms with van der Waals surface area (Å²) < 4.78 is 5.73. The van der Waals surface area contributed by atoms with Gasteiger partial charge < -0.3 is 9.52 Å². The van der Waals surface area contributed by atoms with Crippen LogP contribution in [0.4, 0.5) is 5.69 Å². The largest absolute Gasteiger partial charge is 0.503 e. The van der Waals surface area contributed by atoms with Crippen molar-refractivity contribution in [1.29, 1.82) is 0 Å². The van der Waals surface area contributed by atoms with Gasteiger partial charge in [0.15, 0.2) is 11.5 Å². The van der Waals surface area contributed by atoms with E-state index >= 15 is 0 Å². The third-order valence-corrected chi connectivity index (χ3v) is 6.78. The van der Waals surface area contributed by atoms with E-state index in [9.17, 15) is 14.7 Å². The Morgan fingerprint density at radius 1 is 1.09 bits per heavy atom. The SMILES string of the molecule is Cc1cc(Cl)ccc1N1C(=O)C(O)=C(C(=O)c2cc3cc(Cl)ccc3o2)C1c1cccs1. The molecule has 3 heterocycles. The monoisotopic (exact) mass is 483 g/mol. The molecule has 1 atom stereocenters. The zero-order chi connectivity index (χ0) is 22.6. The third kappa shape index (κ3) is 3.32. The van der Waals surface area contributed by atoms with E-state index in [1.54, 1.807) is 42.5 Å². The van der Waals surface area contributed by atoms with Gasteiger partial charge in [-0.25, -0.2) is 0 Å². The molecular formula is C24H15Cl2NO4S. The lowest BCUT2D eigenvalue weighted by molar-refractivity contribution is -0.117. The number of hydrogen-bond acceptors (Lipinski definition) is 5. The zero-order valence-electron chi connectivity index (χ0n) is 16.6. The van der Waals surface area contributed by atoms with Crippen LogP contribution in [0.2, 0.25) is 10.0 Å². The molecule has 1 aliphatic heterocycles. The lowest BCUT2D eigenvalue weighted by Crippen LogP contribution is -2.31. The number of aliphatic hydroxyl groups is 1. The number of nitrogens with zero attached hydrogens (tertiary/aromatic N) is 1. The highest BCUT2D eigenvalue weighted by Crippen LogP contribution is 2.44. The Morgan fingerprint density at radius 3 is 2.56 bits per heavy atom. The quantitative estimate of drug-likeness (QED) is 0.320. The van der Waals surface area contributed by atoms with Crippen molar-refractivity contribution in [1.82, 2.24) is 0 Å². The molecule has 1 unspecified atom stereocenters. The number of aryl methyl sites for hydroxylation is 1. The van der Waals surface area contributed by atoms with Crippen LogP contribution in [0.3, 0.4) is 0 Å². The number of anilines is 1. The summed E-state index contributed by atoms with van der Waals surface area (Å²) in [7, 11) is 0. The van der Waals surface area contributed by atoms with Gasteiger partial charge in [0, 0.05) is 26.0 Å². The Balaban J connectivity index is 1.65. The summed E-state index contributed by atoms with van der Waals surface area (Å²) in [6.45, 7) is 1.82. The Bertz CT molecular complexity index is 1420. The molecule has 160 valence electrons. The molecule has 0 fully saturated rings. The van der Waals surface area contributed by atoms with Gasteiger partial charge in [0.1, 0.15) is 11.6 Å². The number of benzene rings is 2. The molecule has 0 saturated heterocycles. The summed E-state index contributed by atoms with van der Waals surface area (Å²) in [4.78, 5) is 28.9. The molecule has 0 saturated carbocycles. The lowest BCUT2D eigenvalue weighted by Gasteiger charge is -2.27. The Kier molecular flexibility index (Phi) is 5.08. The normalized spacial score (nSPS) is 16.4. The van der Waals surface area contributed by atoms with Gasteiger partial charge in [-0.3, -0.25) is 14.5 Å². The van der Waals surface area contributed by atoms with Gasteiger partial charge in [-0.05, 0) is 66.4 Å².